The van der Waals surface area contributed by atoms with Crippen molar-refractivity contribution in [3.05, 3.63) is 34.9 Å². The zero-order chi connectivity index (χ0) is 10.3. The molecule has 0 bridgehead atoms. The number of rotatable bonds is 1. The molecule has 1 rings (SSSR count). The molecule has 0 N–H and O–H groups in total. The first-order chi connectivity index (χ1) is 6.15. The van der Waals surface area contributed by atoms with Gasteiger partial charge in [-0.25, -0.2) is 0 Å². The van der Waals surface area contributed by atoms with Crippen LogP contribution in [-0.2, 0) is 16.0 Å². The first-order valence-electron chi connectivity index (χ1n) is 4.21. The quantitative estimate of drug-likeness (QED) is 0.661. The summed E-state index contributed by atoms with van der Waals surface area (Å²) in [5, 5.41) is 0. The number of hydrogen-bond donors (Lipinski definition) is 0. The Morgan fingerprint density at radius 3 is 2.15 bits per heavy atom. The van der Waals surface area contributed by atoms with Crippen molar-refractivity contribution >= 4 is 6.15 Å². The number of carbonyl (C=O) groups excluding carboxylic acids is 2. The highest BCUT2D eigenvalue weighted by Crippen LogP contribution is 2.10. The van der Waals surface area contributed by atoms with E-state index in [1.165, 1.54) is 16.7 Å². The van der Waals surface area contributed by atoms with Crippen LogP contribution in [0.25, 0.3) is 0 Å². The molecule has 0 aliphatic rings. The molecule has 0 spiro atoms. The maximum atomic E-state index is 8.12. The van der Waals surface area contributed by atoms with Gasteiger partial charge in [-0.15, -0.1) is 0 Å². The van der Waals surface area contributed by atoms with Crippen LogP contribution in [0.3, 0.4) is 0 Å². The second-order valence-corrected chi connectivity index (χ2v) is 2.87. The van der Waals surface area contributed by atoms with Crippen LogP contribution in [0.15, 0.2) is 18.2 Å². The third-order valence-corrected chi connectivity index (χ3v) is 1.89. The Balaban J connectivity index is 0.000000424. The largest absolute Gasteiger partial charge is 0.373 e. The number of hydrogen-bond acceptors (Lipinski definition) is 2. The van der Waals surface area contributed by atoms with Gasteiger partial charge in [0.1, 0.15) is 0 Å². The summed E-state index contributed by atoms with van der Waals surface area (Å²) in [5.74, 6) is 0. The lowest BCUT2D eigenvalue weighted by Crippen LogP contribution is -1.86. The maximum Gasteiger partial charge on any atom is 0.373 e. The summed E-state index contributed by atoms with van der Waals surface area (Å²) in [7, 11) is 0. The molecule has 2 heteroatoms. The molecule has 1 aromatic carbocycles. The van der Waals surface area contributed by atoms with Crippen molar-refractivity contribution in [2.24, 2.45) is 0 Å². The molecule has 0 aliphatic heterocycles. The van der Waals surface area contributed by atoms with E-state index in [0.717, 1.165) is 6.42 Å². The Labute approximate surface area is 78.6 Å². The Bertz CT molecular complexity index is 297. The van der Waals surface area contributed by atoms with Crippen LogP contribution < -0.4 is 0 Å². The van der Waals surface area contributed by atoms with E-state index < -0.39 is 0 Å². The molecule has 0 fully saturated rings. The second-order valence-electron chi connectivity index (χ2n) is 2.87. The van der Waals surface area contributed by atoms with Crippen molar-refractivity contribution < 1.29 is 9.59 Å². The smallest absolute Gasteiger partial charge is 0.186 e. The lowest BCUT2D eigenvalue weighted by molar-refractivity contribution is -0.191. The van der Waals surface area contributed by atoms with E-state index in [-0.39, 0.29) is 6.15 Å². The molecule has 2 nitrogen and oxygen atoms in total. The van der Waals surface area contributed by atoms with Gasteiger partial charge >= 0.3 is 6.15 Å². The molecule has 0 radical (unpaired) electrons. The monoisotopic (exact) mass is 178 g/mol. The standard InChI is InChI=1S/C10H14.CO2/c1-4-10-7-8(2)5-6-9(10)3;2-1-3/h5-7H,4H2,1-3H3;. The fourth-order valence-electron chi connectivity index (χ4n) is 1.18. The molecule has 1 aromatic rings. The highest BCUT2D eigenvalue weighted by Gasteiger charge is 1.93. The van der Waals surface area contributed by atoms with Gasteiger partial charge in [-0.3, -0.25) is 0 Å². The van der Waals surface area contributed by atoms with E-state index >= 15 is 0 Å². The van der Waals surface area contributed by atoms with Gasteiger partial charge in [-0.1, -0.05) is 30.7 Å². The van der Waals surface area contributed by atoms with Crippen LogP contribution in [0.1, 0.15) is 23.6 Å². The predicted molar refractivity (Wildman–Crippen MR) is 50.3 cm³/mol. The first kappa shape index (κ1) is 11.6. The minimum atomic E-state index is 0.250. The van der Waals surface area contributed by atoms with Crippen LogP contribution in [0.4, 0.5) is 0 Å². The Morgan fingerprint density at radius 1 is 1.23 bits per heavy atom. The topological polar surface area (TPSA) is 34.1 Å². The van der Waals surface area contributed by atoms with Gasteiger partial charge in [0.2, 0.25) is 0 Å². The highest BCUT2D eigenvalue weighted by atomic mass is 16.2. The lowest BCUT2D eigenvalue weighted by Gasteiger charge is -2.02. The van der Waals surface area contributed by atoms with E-state index in [9.17, 15) is 0 Å². The summed E-state index contributed by atoms with van der Waals surface area (Å²) in [6.07, 6.45) is 1.40. The second kappa shape index (κ2) is 6.15. The fourth-order valence-corrected chi connectivity index (χ4v) is 1.18. The molecule has 0 heterocycles. The zero-order valence-corrected chi connectivity index (χ0v) is 8.26. The zero-order valence-electron chi connectivity index (χ0n) is 8.26. The molecular weight excluding hydrogens is 164 g/mol. The predicted octanol–water partition coefficient (Wildman–Crippen LogP) is 2.28. The van der Waals surface area contributed by atoms with Crippen molar-refractivity contribution in [2.45, 2.75) is 27.2 Å². The summed E-state index contributed by atoms with van der Waals surface area (Å²) < 4.78 is 0. The van der Waals surface area contributed by atoms with Gasteiger partial charge in [0, 0.05) is 0 Å². The molecule has 0 saturated heterocycles. The molecule has 0 unspecified atom stereocenters. The van der Waals surface area contributed by atoms with Crippen LogP contribution in [0.2, 0.25) is 0 Å². The number of aryl methyl sites for hydroxylation is 3. The van der Waals surface area contributed by atoms with Gasteiger partial charge in [0.25, 0.3) is 0 Å². The average molecular weight is 178 g/mol. The Hall–Kier alpha value is -1.40. The van der Waals surface area contributed by atoms with E-state index in [4.69, 9.17) is 9.59 Å². The maximum absolute atomic E-state index is 8.12. The van der Waals surface area contributed by atoms with Gasteiger partial charge in [0.05, 0.1) is 0 Å². The fraction of sp³-hybridized carbons (Fsp3) is 0.364. The van der Waals surface area contributed by atoms with Crippen molar-refractivity contribution in [2.75, 3.05) is 0 Å². The minimum absolute atomic E-state index is 0.250. The lowest BCUT2D eigenvalue weighted by atomic mass is 10.0. The number of benzene rings is 1. The van der Waals surface area contributed by atoms with Crippen LogP contribution in [0.5, 0.6) is 0 Å². The van der Waals surface area contributed by atoms with E-state index in [1.54, 1.807) is 0 Å². The van der Waals surface area contributed by atoms with Crippen molar-refractivity contribution in [1.82, 2.24) is 0 Å². The van der Waals surface area contributed by atoms with Crippen LogP contribution >= 0.6 is 0 Å². The minimum Gasteiger partial charge on any atom is -0.186 e. The normalized spacial score (nSPS) is 8.23. The molecular formula is C11H14O2. The summed E-state index contributed by atoms with van der Waals surface area (Å²) in [6, 6.07) is 6.61. The van der Waals surface area contributed by atoms with Crippen molar-refractivity contribution in [3.8, 4) is 0 Å². The molecule has 0 aromatic heterocycles. The van der Waals surface area contributed by atoms with E-state index in [1.807, 2.05) is 0 Å². The van der Waals surface area contributed by atoms with Crippen LogP contribution in [0, 0.1) is 13.8 Å². The van der Waals surface area contributed by atoms with Gasteiger partial charge in [-0.2, -0.15) is 9.59 Å². The molecule has 0 atom stereocenters. The van der Waals surface area contributed by atoms with Crippen molar-refractivity contribution in [1.29, 1.82) is 0 Å². The SMILES string of the molecule is CCc1cc(C)ccc1C.O=C=O. The molecule has 13 heavy (non-hydrogen) atoms. The molecule has 0 amide bonds. The van der Waals surface area contributed by atoms with E-state index in [0.29, 0.717) is 0 Å². The van der Waals surface area contributed by atoms with Crippen molar-refractivity contribution in [3.63, 3.8) is 0 Å². The third kappa shape index (κ3) is 4.24. The van der Waals surface area contributed by atoms with E-state index in [2.05, 4.69) is 39.0 Å². The summed E-state index contributed by atoms with van der Waals surface area (Å²) in [4.78, 5) is 16.2. The average Bonchev–Trinajstić information content (AvgIpc) is 2.10. The highest BCUT2D eigenvalue weighted by molar-refractivity contribution is 5.30. The Kier molecular flexibility index (Phi) is 5.49. The van der Waals surface area contributed by atoms with Gasteiger partial charge in [-0.05, 0) is 31.4 Å². The summed E-state index contributed by atoms with van der Waals surface area (Å²) in [5.41, 5.74) is 4.25. The molecule has 0 aliphatic carbocycles. The summed E-state index contributed by atoms with van der Waals surface area (Å²) >= 11 is 0. The third-order valence-electron chi connectivity index (χ3n) is 1.89. The summed E-state index contributed by atoms with van der Waals surface area (Å²) in [6.45, 7) is 6.50. The molecule has 0 saturated carbocycles. The van der Waals surface area contributed by atoms with Crippen LogP contribution in [-0.4, -0.2) is 6.15 Å². The molecule has 70 valence electrons. The van der Waals surface area contributed by atoms with Gasteiger partial charge in [0.15, 0.2) is 0 Å². The first-order valence-corrected chi connectivity index (χ1v) is 4.21. The van der Waals surface area contributed by atoms with Gasteiger partial charge < -0.3 is 0 Å². The Morgan fingerprint density at radius 2 is 1.77 bits per heavy atom.